The van der Waals surface area contributed by atoms with E-state index >= 15 is 0 Å². The van der Waals surface area contributed by atoms with Crippen LogP contribution in [0.25, 0.3) is 0 Å². The molecule has 1 rings (SSSR count). The summed E-state index contributed by atoms with van der Waals surface area (Å²) in [5.41, 5.74) is 0. The average molecular weight is 213 g/mol. The fourth-order valence-corrected chi connectivity index (χ4v) is 2.62. The molecule has 1 aliphatic carbocycles. The molecule has 3 nitrogen and oxygen atoms in total. The summed E-state index contributed by atoms with van der Waals surface area (Å²) in [7, 11) is 0. The molecule has 0 bridgehead atoms. The Labute approximate surface area is 92.8 Å². The molecule has 3 heteroatoms. The van der Waals surface area contributed by atoms with Gasteiger partial charge in [0, 0.05) is 6.04 Å². The molecule has 0 heterocycles. The molecular formula is C12H23NO2. The first-order valence-electron chi connectivity index (χ1n) is 6.06. The molecular weight excluding hydrogens is 190 g/mol. The summed E-state index contributed by atoms with van der Waals surface area (Å²) in [5.74, 6) is 0.728. The molecule has 0 spiro atoms. The second kappa shape index (κ2) is 5.50. The number of carbonyl (C=O) groups excluding carboxylic acids is 1. The van der Waals surface area contributed by atoms with Gasteiger partial charge in [0.1, 0.15) is 0 Å². The highest BCUT2D eigenvalue weighted by Gasteiger charge is 2.45. The van der Waals surface area contributed by atoms with Gasteiger partial charge in [0.2, 0.25) is 0 Å². The second-order valence-electron chi connectivity index (χ2n) is 4.28. The largest absolute Gasteiger partial charge is 0.466 e. The third kappa shape index (κ3) is 2.51. The van der Waals surface area contributed by atoms with Crippen molar-refractivity contribution in [2.75, 3.05) is 19.7 Å². The maximum absolute atomic E-state index is 11.7. The van der Waals surface area contributed by atoms with Crippen molar-refractivity contribution in [1.29, 1.82) is 0 Å². The molecule has 15 heavy (non-hydrogen) atoms. The van der Waals surface area contributed by atoms with Crippen LogP contribution in [-0.4, -0.2) is 36.6 Å². The number of hydrogen-bond acceptors (Lipinski definition) is 3. The summed E-state index contributed by atoms with van der Waals surface area (Å²) in [6.07, 6.45) is 0.986. The van der Waals surface area contributed by atoms with Crippen LogP contribution in [0.2, 0.25) is 0 Å². The lowest BCUT2D eigenvalue weighted by atomic mass is 9.70. The lowest BCUT2D eigenvalue weighted by molar-refractivity contribution is -0.158. The fourth-order valence-electron chi connectivity index (χ4n) is 2.62. The van der Waals surface area contributed by atoms with Crippen molar-refractivity contribution < 1.29 is 9.53 Å². The zero-order chi connectivity index (χ0) is 11.4. The number of ether oxygens (including phenoxy) is 1. The smallest absolute Gasteiger partial charge is 0.310 e. The Morgan fingerprint density at radius 1 is 1.33 bits per heavy atom. The molecule has 0 aromatic heterocycles. The first-order chi connectivity index (χ1) is 7.15. The van der Waals surface area contributed by atoms with Gasteiger partial charge in [-0.3, -0.25) is 9.69 Å². The van der Waals surface area contributed by atoms with Crippen molar-refractivity contribution in [2.45, 2.75) is 40.2 Å². The first-order valence-corrected chi connectivity index (χ1v) is 6.06. The Balaban J connectivity index is 2.57. The van der Waals surface area contributed by atoms with Gasteiger partial charge >= 0.3 is 5.97 Å². The minimum atomic E-state index is -0.00694. The van der Waals surface area contributed by atoms with E-state index in [2.05, 4.69) is 25.7 Å². The molecule has 0 amide bonds. The average Bonchev–Trinajstić information content (AvgIpc) is 2.22. The molecule has 3 unspecified atom stereocenters. The number of carbonyl (C=O) groups is 1. The predicted octanol–water partition coefficient (Wildman–Crippen LogP) is 1.92. The van der Waals surface area contributed by atoms with E-state index in [1.807, 2.05) is 6.92 Å². The Morgan fingerprint density at radius 2 is 1.93 bits per heavy atom. The lowest BCUT2D eigenvalue weighted by Crippen LogP contribution is -2.55. The number of hydrogen-bond donors (Lipinski definition) is 0. The highest BCUT2D eigenvalue weighted by atomic mass is 16.5. The minimum Gasteiger partial charge on any atom is -0.466 e. The normalized spacial score (nSPS) is 30.1. The molecule has 0 saturated heterocycles. The van der Waals surface area contributed by atoms with Gasteiger partial charge in [0.25, 0.3) is 0 Å². The second-order valence-corrected chi connectivity index (χ2v) is 4.28. The lowest BCUT2D eigenvalue weighted by Gasteiger charge is -2.47. The van der Waals surface area contributed by atoms with Crippen molar-refractivity contribution in [1.82, 2.24) is 4.90 Å². The van der Waals surface area contributed by atoms with E-state index in [0.717, 1.165) is 19.5 Å². The van der Waals surface area contributed by atoms with Crippen molar-refractivity contribution >= 4 is 5.97 Å². The van der Waals surface area contributed by atoms with Gasteiger partial charge in [-0.2, -0.15) is 0 Å². The monoisotopic (exact) mass is 213 g/mol. The van der Waals surface area contributed by atoms with Crippen molar-refractivity contribution in [3.8, 4) is 0 Å². The summed E-state index contributed by atoms with van der Waals surface area (Å²) in [4.78, 5) is 14.0. The highest BCUT2D eigenvalue weighted by Crippen LogP contribution is 2.38. The van der Waals surface area contributed by atoms with Crippen LogP contribution in [0.1, 0.15) is 34.1 Å². The summed E-state index contributed by atoms with van der Waals surface area (Å²) in [6, 6.07) is 0.402. The zero-order valence-corrected chi connectivity index (χ0v) is 10.3. The van der Waals surface area contributed by atoms with Crippen molar-refractivity contribution in [3.05, 3.63) is 0 Å². The fraction of sp³-hybridized carbons (Fsp3) is 0.917. The van der Waals surface area contributed by atoms with Crippen LogP contribution in [0.3, 0.4) is 0 Å². The Bertz CT molecular complexity index is 214. The third-order valence-corrected chi connectivity index (χ3v) is 3.44. The van der Waals surface area contributed by atoms with Crippen LogP contribution >= 0.6 is 0 Å². The topological polar surface area (TPSA) is 29.5 Å². The molecule has 1 saturated carbocycles. The van der Waals surface area contributed by atoms with Gasteiger partial charge in [-0.15, -0.1) is 0 Å². The van der Waals surface area contributed by atoms with Gasteiger partial charge < -0.3 is 4.74 Å². The summed E-state index contributed by atoms with van der Waals surface area (Å²) in [5, 5.41) is 0. The van der Waals surface area contributed by atoms with E-state index < -0.39 is 0 Å². The zero-order valence-electron chi connectivity index (χ0n) is 10.3. The van der Waals surface area contributed by atoms with E-state index in [1.165, 1.54) is 0 Å². The van der Waals surface area contributed by atoms with Crippen LogP contribution in [0.15, 0.2) is 0 Å². The summed E-state index contributed by atoms with van der Waals surface area (Å²) < 4.78 is 5.10. The molecule has 88 valence electrons. The Morgan fingerprint density at radius 3 is 2.33 bits per heavy atom. The molecule has 1 aliphatic rings. The van der Waals surface area contributed by atoms with Gasteiger partial charge in [0.15, 0.2) is 0 Å². The van der Waals surface area contributed by atoms with E-state index in [9.17, 15) is 4.79 Å². The maximum Gasteiger partial charge on any atom is 0.310 e. The summed E-state index contributed by atoms with van der Waals surface area (Å²) in [6.45, 7) is 10.9. The van der Waals surface area contributed by atoms with E-state index in [0.29, 0.717) is 18.6 Å². The minimum absolute atomic E-state index is 0.00694. The Hall–Kier alpha value is -0.570. The molecule has 1 fully saturated rings. The number of rotatable bonds is 5. The third-order valence-electron chi connectivity index (χ3n) is 3.44. The number of nitrogens with zero attached hydrogens (tertiary/aromatic N) is 1. The number of esters is 1. The molecule has 3 atom stereocenters. The van der Waals surface area contributed by atoms with Gasteiger partial charge in [-0.05, 0) is 32.4 Å². The standard InChI is InChI=1S/C12H23NO2/c1-5-13(6-2)11-9(4)8-10(11)12(14)15-7-3/h9-11H,5-8H2,1-4H3. The summed E-state index contributed by atoms with van der Waals surface area (Å²) >= 11 is 0. The maximum atomic E-state index is 11.7. The molecule has 0 aromatic carbocycles. The van der Waals surface area contributed by atoms with Crippen LogP contribution in [0, 0.1) is 11.8 Å². The SMILES string of the molecule is CCOC(=O)C1CC(C)C1N(CC)CC. The first kappa shape index (κ1) is 12.5. The van der Waals surface area contributed by atoms with Gasteiger partial charge in [-0.25, -0.2) is 0 Å². The van der Waals surface area contributed by atoms with Crippen molar-refractivity contribution in [2.24, 2.45) is 11.8 Å². The quantitative estimate of drug-likeness (QED) is 0.653. The van der Waals surface area contributed by atoms with Crippen LogP contribution in [-0.2, 0) is 9.53 Å². The molecule has 0 aromatic rings. The van der Waals surface area contributed by atoms with Crippen molar-refractivity contribution in [3.63, 3.8) is 0 Å². The van der Waals surface area contributed by atoms with E-state index in [1.54, 1.807) is 0 Å². The molecule has 0 radical (unpaired) electrons. The molecule has 0 N–H and O–H groups in total. The van der Waals surface area contributed by atoms with E-state index in [4.69, 9.17) is 4.74 Å². The predicted molar refractivity (Wildman–Crippen MR) is 60.6 cm³/mol. The van der Waals surface area contributed by atoms with Crippen LogP contribution in [0.5, 0.6) is 0 Å². The van der Waals surface area contributed by atoms with Gasteiger partial charge in [0.05, 0.1) is 12.5 Å². The van der Waals surface area contributed by atoms with Crippen LogP contribution < -0.4 is 0 Å². The molecule has 0 aliphatic heterocycles. The van der Waals surface area contributed by atoms with E-state index in [-0.39, 0.29) is 11.9 Å². The van der Waals surface area contributed by atoms with Crippen LogP contribution in [0.4, 0.5) is 0 Å². The highest BCUT2D eigenvalue weighted by molar-refractivity contribution is 5.74. The van der Waals surface area contributed by atoms with Gasteiger partial charge in [-0.1, -0.05) is 20.8 Å². The Kier molecular flexibility index (Phi) is 4.58.